The van der Waals surface area contributed by atoms with Gasteiger partial charge in [0.2, 0.25) is 0 Å². The summed E-state index contributed by atoms with van der Waals surface area (Å²) in [7, 11) is 3.34. The van der Waals surface area contributed by atoms with Gasteiger partial charge in [-0.15, -0.1) is 0 Å². The van der Waals surface area contributed by atoms with Crippen LogP contribution in [0.2, 0.25) is 0 Å². The van der Waals surface area contributed by atoms with Crippen molar-refractivity contribution in [3.05, 3.63) is 18.3 Å². The van der Waals surface area contributed by atoms with Crippen LogP contribution in [0.5, 0.6) is 5.75 Å². The van der Waals surface area contributed by atoms with Gasteiger partial charge in [-0.2, -0.15) is 0 Å². The van der Waals surface area contributed by atoms with Crippen molar-refractivity contribution in [2.45, 2.75) is 26.0 Å². The van der Waals surface area contributed by atoms with Gasteiger partial charge in [0.1, 0.15) is 11.6 Å². The van der Waals surface area contributed by atoms with Crippen molar-refractivity contribution >= 4 is 5.82 Å². The van der Waals surface area contributed by atoms with Gasteiger partial charge >= 0.3 is 0 Å². The number of hydrogen-bond acceptors (Lipinski definition) is 4. The molecule has 1 rings (SSSR count). The van der Waals surface area contributed by atoms with Crippen LogP contribution >= 0.6 is 0 Å². The van der Waals surface area contributed by atoms with E-state index in [0.717, 1.165) is 11.6 Å². The predicted molar refractivity (Wildman–Crippen MR) is 60.3 cm³/mol. The second kappa shape index (κ2) is 5.56. The maximum Gasteiger partial charge on any atom is 0.129 e. The van der Waals surface area contributed by atoms with Crippen LogP contribution in [0.3, 0.4) is 0 Å². The largest absolute Gasteiger partial charge is 0.497 e. The van der Waals surface area contributed by atoms with E-state index in [4.69, 9.17) is 9.47 Å². The van der Waals surface area contributed by atoms with E-state index in [9.17, 15) is 0 Å². The average Bonchev–Trinajstić information content (AvgIpc) is 2.28. The molecule has 84 valence electrons. The fourth-order valence-electron chi connectivity index (χ4n) is 1.17. The Morgan fingerprint density at radius 2 is 2.07 bits per heavy atom. The zero-order valence-electron chi connectivity index (χ0n) is 9.65. The summed E-state index contributed by atoms with van der Waals surface area (Å²) in [6.45, 7) is 4.06. The summed E-state index contributed by atoms with van der Waals surface area (Å²) >= 11 is 0. The maximum absolute atomic E-state index is 5.22. The van der Waals surface area contributed by atoms with Crippen LogP contribution in [0.25, 0.3) is 0 Å². The van der Waals surface area contributed by atoms with Gasteiger partial charge in [0, 0.05) is 19.4 Å². The zero-order chi connectivity index (χ0) is 11.3. The maximum atomic E-state index is 5.22. The van der Waals surface area contributed by atoms with Crippen LogP contribution in [0.15, 0.2) is 18.3 Å². The summed E-state index contributed by atoms with van der Waals surface area (Å²) in [6.07, 6.45) is 1.85. The fraction of sp³-hybridized carbons (Fsp3) is 0.545. The van der Waals surface area contributed by atoms with Crippen molar-refractivity contribution in [2.24, 2.45) is 0 Å². The lowest BCUT2D eigenvalue weighted by molar-refractivity contribution is 0.106. The lowest BCUT2D eigenvalue weighted by atomic mass is 10.2. The molecule has 0 radical (unpaired) electrons. The lowest BCUT2D eigenvalue weighted by Gasteiger charge is -2.20. The Bertz CT molecular complexity index is 304. The first-order valence-electron chi connectivity index (χ1n) is 4.96. The Morgan fingerprint density at radius 1 is 1.33 bits per heavy atom. The first-order valence-corrected chi connectivity index (χ1v) is 4.96. The van der Waals surface area contributed by atoms with Gasteiger partial charge in [-0.1, -0.05) is 0 Å². The number of nitrogens with zero attached hydrogens (tertiary/aromatic N) is 1. The number of pyridine rings is 1. The Balaban J connectivity index is 2.63. The van der Waals surface area contributed by atoms with E-state index in [0.29, 0.717) is 0 Å². The number of nitrogens with one attached hydrogen (secondary N) is 1. The molecule has 0 aliphatic heterocycles. The van der Waals surface area contributed by atoms with E-state index in [1.54, 1.807) is 20.4 Å². The minimum absolute atomic E-state index is 0.137. The molecule has 15 heavy (non-hydrogen) atoms. The summed E-state index contributed by atoms with van der Waals surface area (Å²) in [4.78, 5) is 4.20. The highest BCUT2D eigenvalue weighted by Gasteiger charge is 2.11. The fourth-order valence-corrected chi connectivity index (χ4v) is 1.17. The molecule has 0 aliphatic carbocycles. The Morgan fingerprint density at radius 3 is 2.67 bits per heavy atom. The van der Waals surface area contributed by atoms with Crippen molar-refractivity contribution in [2.75, 3.05) is 19.5 Å². The van der Waals surface area contributed by atoms with Gasteiger partial charge in [-0.3, -0.25) is 0 Å². The standard InChI is InChI=1S/C11H18N2O2/c1-8(9(2)14-3)13-11-7-10(15-4)5-6-12-11/h5-9H,1-4H3,(H,12,13). The zero-order valence-corrected chi connectivity index (χ0v) is 9.65. The molecule has 1 heterocycles. The summed E-state index contributed by atoms with van der Waals surface area (Å²) in [5.74, 6) is 1.59. The van der Waals surface area contributed by atoms with Crippen LogP contribution in [-0.2, 0) is 4.74 Å². The topological polar surface area (TPSA) is 43.4 Å². The van der Waals surface area contributed by atoms with Crippen molar-refractivity contribution in [3.63, 3.8) is 0 Å². The van der Waals surface area contributed by atoms with Crippen molar-refractivity contribution < 1.29 is 9.47 Å². The number of anilines is 1. The van der Waals surface area contributed by atoms with Crippen molar-refractivity contribution in [1.29, 1.82) is 0 Å². The lowest BCUT2D eigenvalue weighted by Crippen LogP contribution is -2.29. The van der Waals surface area contributed by atoms with E-state index in [2.05, 4.69) is 17.2 Å². The SMILES string of the molecule is COc1ccnc(NC(C)C(C)OC)c1. The van der Waals surface area contributed by atoms with Crippen LogP contribution < -0.4 is 10.1 Å². The molecule has 0 saturated carbocycles. The van der Waals surface area contributed by atoms with E-state index < -0.39 is 0 Å². The number of ether oxygens (including phenoxy) is 2. The third-order valence-electron chi connectivity index (χ3n) is 2.42. The molecular formula is C11H18N2O2. The molecule has 4 heteroatoms. The first kappa shape index (κ1) is 11.8. The molecular weight excluding hydrogens is 192 g/mol. The third kappa shape index (κ3) is 3.40. The molecule has 0 spiro atoms. The molecule has 1 aromatic rings. The summed E-state index contributed by atoms with van der Waals surface area (Å²) in [5.41, 5.74) is 0. The number of methoxy groups -OCH3 is 2. The molecule has 0 fully saturated rings. The van der Waals surface area contributed by atoms with Crippen molar-refractivity contribution in [3.8, 4) is 5.75 Å². The van der Waals surface area contributed by atoms with Crippen LogP contribution in [-0.4, -0.2) is 31.3 Å². The average molecular weight is 210 g/mol. The normalized spacial score (nSPS) is 14.4. The molecule has 2 atom stereocenters. The van der Waals surface area contributed by atoms with Gasteiger partial charge in [0.05, 0.1) is 19.3 Å². The van der Waals surface area contributed by atoms with Gasteiger partial charge in [-0.25, -0.2) is 4.98 Å². The van der Waals surface area contributed by atoms with E-state index in [1.165, 1.54) is 0 Å². The summed E-state index contributed by atoms with van der Waals surface area (Å²) in [5, 5.41) is 3.25. The van der Waals surface area contributed by atoms with Gasteiger partial charge < -0.3 is 14.8 Å². The minimum atomic E-state index is 0.137. The summed E-state index contributed by atoms with van der Waals surface area (Å²) < 4.78 is 10.3. The minimum Gasteiger partial charge on any atom is -0.497 e. The molecule has 4 nitrogen and oxygen atoms in total. The Hall–Kier alpha value is -1.29. The predicted octanol–water partition coefficient (Wildman–Crippen LogP) is 1.93. The van der Waals surface area contributed by atoms with Gasteiger partial charge in [-0.05, 0) is 19.9 Å². The Labute approximate surface area is 90.6 Å². The molecule has 2 unspecified atom stereocenters. The quantitative estimate of drug-likeness (QED) is 0.806. The number of rotatable bonds is 5. The highest BCUT2D eigenvalue weighted by atomic mass is 16.5. The smallest absolute Gasteiger partial charge is 0.129 e. The molecule has 0 saturated heterocycles. The van der Waals surface area contributed by atoms with Gasteiger partial charge in [0.25, 0.3) is 0 Å². The molecule has 1 aromatic heterocycles. The van der Waals surface area contributed by atoms with E-state index in [1.807, 2.05) is 19.1 Å². The third-order valence-corrected chi connectivity index (χ3v) is 2.42. The summed E-state index contributed by atoms with van der Waals surface area (Å²) in [6, 6.07) is 3.88. The highest BCUT2D eigenvalue weighted by Crippen LogP contribution is 2.15. The Kier molecular flexibility index (Phi) is 4.37. The molecule has 0 bridgehead atoms. The van der Waals surface area contributed by atoms with Crippen LogP contribution in [0.1, 0.15) is 13.8 Å². The van der Waals surface area contributed by atoms with E-state index >= 15 is 0 Å². The molecule has 0 aliphatic rings. The van der Waals surface area contributed by atoms with Crippen LogP contribution in [0.4, 0.5) is 5.82 Å². The molecule has 0 amide bonds. The molecule has 0 aromatic carbocycles. The monoisotopic (exact) mass is 210 g/mol. The molecule has 1 N–H and O–H groups in total. The first-order chi connectivity index (χ1) is 7.17. The van der Waals surface area contributed by atoms with E-state index in [-0.39, 0.29) is 12.1 Å². The second-order valence-corrected chi connectivity index (χ2v) is 3.45. The van der Waals surface area contributed by atoms with Crippen LogP contribution in [0, 0.1) is 0 Å². The number of hydrogen-bond donors (Lipinski definition) is 1. The number of aromatic nitrogens is 1. The highest BCUT2D eigenvalue weighted by molar-refractivity contribution is 5.41. The van der Waals surface area contributed by atoms with Gasteiger partial charge in [0.15, 0.2) is 0 Å². The second-order valence-electron chi connectivity index (χ2n) is 3.45. The van der Waals surface area contributed by atoms with Crippen molar-refractivity contribution in [1.82, 2.24) is 4.98 Å².